The summed E-state index contributed by atoms with van der Waals surface area (Å²) >= 11 is 6.86. The monoisotopic (exact) mass is 549 g/mol. The molecule has 6 rings (SSSR count). The first-order chi connectivity index (χ1) is 18.6. The summed E-state index contributed by atoms with van der Waals surface area (Å²) in [6, 6.07) is 2.45. The summed E-state index contributed by atoms with van der Waals surface area (Å²) in [5.74, 6) is 2.86. The topological polar surface area (TPSA) is 115 Å². The quantitative estimate of drug-likeness (QED) is 0.313. The number of rotatable bonds is 6. The van der Waals surface area contributed by atoms with Gasteiger partial charge in [0, 0.05) is 50.2 Å². The minimum Gasteiger partial charge on any atom is -0.450 e. The van der Waals surface area contributed by atoms with Gasteiger partial charge in [0.1, 0.15) is 10.5 Å². The number of anilines is 3. The first-order valence-corrected chi connectivity index (χ1v) is 13.3. The summed E-state index contributed by atoms with van der Waals surface area (Å²) < 4.78 is 11.9. The van der Waals surface area contributed by atoms with Crippen LogP contribution in [0.3, 0.4) is 0 Å². The van der Waals surface area contributed by atoms with Gasteiger partial charge >= 0.3 is 0 Å². The molecule has 0 saturated carbocycles. The van der Waals surface area contributed by atoms with Gasteiger partial charge in [-0.05, 0) is 20.0 Å². The minimum atomic E-state index is -0.0572. The Morgan fingerprint density at radius 2 is 1.92 bits per heavy atom. The van der Waals surface area contributed by atoms with E-state index in [1.807, 2.05) is 11.6 Å². The summed E-state index contributed by atoms with van der Waals surface area (Å²) in [4.78, 5) is 15.9. The number of likely N-dealkylation sites (N-methyl/N-ethyl adjacent to an activating group) is 1. The van der Waals surface area contributed by atoms with Gasteiger partial charge in [0.05, 0.1) is 18.4 Å². The highest BCUT2D eigenvalue weighted by Crippen LogP contribution is 2.38. The van der Waals surface area contributed by atoms with E-state index in [1.165, 1.54) is 5.69 Å². The Morgan fingerprint density at radius 3 is 2.64 bits per heavy atom. The highest BCUT2D eigenvalue weighted by atomic mass is 35.5. The lowest BCUT2D eigenvalue weighted by atomic mass is 9.91. The average molecular weight is 550 g/mol. The van der Waals surface area contributed by atoms with Crippen molar-refractivity contribution < 1.29 is 4.74 Å². The van der Waals surface area contributed by atoms with Gasteiger partial charge in [-0.15, -0.1) is 0 Å². The maximum absolute atomic E-state index is 6.86. The lowest BCUT2D eigenvalue weighted by Gasteiger charge is -2.23. The van der Waals surface area contributed by atoms with Crippen molar-refractivity contribution in [1.82, 2.24) is 43.8 Å². The molecule has 0 aliphatic carbocycles. The first kappa shape index (κ1) is 25.4. The summed E-state index contributed by atoms with van der Waals surface area (Å²) in [6.07, 6.45) is 7.69. The summed E-state index contributed by atoms with van der Waals surface area (Å²) in [7, 11) is 5.84. The molecule has 0 amide bonds. The molecule has 0 bridgehead atoms. The Kier molecular flexibility index (Phi) is 6.11. The van der Waals surface area contributed by atoms with Gasteiger partial charge in [0.15, 0.2) is 34.3 Å². The normalized spacial score (nSPS) is 16.4. The van der Waals surface area contributed by atoms with Gasteiger partial charge in [-0.2, -0.15) is 15.2 Å². The maximum Gasteiger partial charge on any atom is 0.210 e. The van der Waals surface area contributed by atoms with E-state index in [9.17, 15) is 0 Å². The molecule has 13 heteroatoms. The van der Waals surface area contributed by atoms with Crippen molar-refractivity contribution in [2.45, 2.75) is 38.6 Å². The molecule has 12 nitrogen and oxygen atoms in total. The number of nitrogens with one attached hydrogen (secondary N) is 2. The zero-order valence-electron chi connectivity index (χ0n) is 22.9. The Morgan fingerprint density at radius 1 is 1.10 bits per heavy atom. The number of imidazole rings is 1. The van der Waals surface area contributed by atoms with E-state index in [2.05, 4.69) is 69.2 Å². The third-order valence-corrected chi connectivity index (χ3v) is 7.48. The van der Waals surface area contributed by atoms with E-state index in [0.717, 1.165) is 25.3 Å². The fourth-order valence-corrected chi connectivity index (χ4v) is 5.41. The molecule has 1 unspecified atom stereocenters. The first-order valence-electron chi connectivity index (χ1n) is 12.9. The lowest BCUT2D eigenvalue weighted by Crippen LogP contribution is -2.24. The summed E-state index contributed by atoms with van der Waals surface area (Å²) in [5, 5.41) is 16.2. The van der Waals surface area contributed by atoms with E-state index in [4.69, 9.17) is 26.4 Å². The fourth-order valence-electron chi connectivity index (χ4n) is 5.11. The Hall–Kier alpha value is -3.90. The molecule has 0 spiro atoms. The van der Waals surface area contributed by atoms with Crippen molar-refractivity contribution in [3.8, 4) is 11.5 Å². The molecule has 2 N–H and O–H groups in total. The Balaban J connectivity index is 1.34. The number of nitrogens with zero attached hydrogens (tertiary/aromatic N) is 9. The fraction of sp³-hybridized carbons (Fsp3) is 0.423. The molecule has 1 atom stereocenters. The lowest BCUT2D eigenvalue weighted by molar-refractivity contribution is 0.366. The van der Waals surface area contributed by atoms with Gasteiger partial charge in [-0.3, -0.25) is 4.68 Å². The van der Waals surface area contributed by atoms with Crippen LogP contribution in [0, 0.1) is 0 Å². The van der Waals surface area contributed by atoms with Crippen molar-refractivity contribution in [1.29, 1.82) is 0 Å². The van der Waals surface area contributed by atoms with Crippen LogP contribution in [-0.4, -0.2) is 71.0 Å². The third kappa shape index (κ3) is 4.43. The number of fused-ring (bicyclic) bond motifs is 2. The van der Waals surface area contributed by atoms with E-state index in [-0.39, 0.29) is 5.41 Å². The van der Waals surface area contributed by atoms with Crippen molar-refractivity contribution in [3.05, 3.63) is 41.6 Å². The SMILES string of the molecule is CNc1nccn2ncc(Oc3cnc4nc(Nc5cc(C(C)(C)C)n(C6CCN(C)C6)n5)n(C)c4c3Cl)c12. The molecule has 204 valence electrons. The van der Waals surface area contributed by atoms with Gasteiger partial charge in [-0.25, -0.2) is 14.5 Å². The number of aryl methyl sites for hydroxylation is 1. The highest BCUT2D eigenvalue weighted by molar-refractivity contribution is 6.36. The maximum atomic E-state index is 6.86. The van der Waals surface area contributed by atoms with E-state index in [0.29, 0.717) is 51.0 Å². The van der Waals surface area contributed by atoms with Crippen molar-refractivity contribution in [2.75, 3.05) is 37.8 Å². The number of hydrogen-bond donors (Lipinski definition) is 2. The molecule has 0 aromatic carbocycles. The summed E-state index contributed by atoms with van der Waals surface area (Å²) in [6.45, 7) is 8.68. The molecular weight excluding hydrogens is 518 g/mol. The minimum absolute atomic E-state index is 0.0572. The van der Waals surface area contributed by atoms with Crippen LogP contribution in [0.4, 0.5) is 17.6 Å². The Bertz CT molecular complexity index is 1680. The molecule has 39 heavy (non-hydrogen) atoms. The van der Waals surface area contributed by atoms with Crippen LogP contribution in [0.15, 0.2) is 30.9 Å². The molecule has 1 saturated heterocycles. The van der Waals surface area contributed by atoms with Crippen LogP contribution in [0.25, 0.3) is 16.7 Å². The van der Waals surface area contributed by atoms with Gasteiger partial charge in [0.25, 0.3) is 0 Å². The molecule has 1 aliphatic heterocycles. The van der Waals surface area contributed by atoms with Crippen LogP contribution >= 0.6 is 11.6 Å². The largest absolute Gasteiger partial charge is 0.450 e. The second-order valence-corrected chi connectivity index (χ2v) is 11.4. The van der Waals surface area contributed by atoms with Crippen molar-refractivity contribution >= 4 is 45.9 Å². The van der Waals surface area contributed by atoms with Crippen LogP contribution in [0.5, 0.6) is 11.5 Å². The van der Waals surface area contributed by atoms with Crippen LogP contribution in [0.2, 0.25) is 5.02 Å². The molecule has 6 heterocycles. The van der Waals surface area contributed by atoms with E-state index < -0.39 is 0 Å². The molecule has 0 radical (unpaired) electrons. The number of aromatic nitrogens is 8. The van der Waals surface area contributed by atoms with Crippen LogP contribution in [0.1, 0.15) is 38.9 Å². The zero-order valence-corrected chi connectivity index (χ0v) is 23.7. The second-order valence-electron chi connectivity index (χ2n) is 11.0. The molecule has 1 fully saturated rings. The van der Waals surface area contributed by atoms with Gasteiger partial charge in [0.2, 0.25) is 5.95 Å². The van der Waals surface area contributed by atoms with E-state index in [1.54, 1.807) is 36.4 Å². The number of halogens is 1. The third-order valence-electron chi connectivity index (χ3n) is 7.12. The summed E-state index contributed by atoms with van der Waals surface area (Å²) in [5.41, 5.74) is 2.97. The van der Waals surface area contributed by atoms with E-state index >= 15 is 0 Å². The number of likely N-dealkylation sites (tertiary alicyclic amines) is 1. The van der Waals surface area contributed by atoms with Crippen LogP contribution in [-0.2, 0) is 12.5 Å². The molecule has 1 aliphatic rings. The smallest absolute Gasteiger partial charge is 0.210 e. The molecule has 5 aromatic heterocycles. The zero-order chi connectivity index (χ0) is 27.5. The predicted octanol–water partition coefficient (Wildman–Crippen LogP) is 4.61. The highest BCUT2D eigenvalue weighted by Gasteiger charge is 2.29. The Labute approximate surface area is 231 Å². The number of ether oxygens (including phenoxy) is 1. The van der Waals surface area contributed by atoms with Crippen LogP contribution < -0.4 is 15.4 Å². The van der Waals surface area contributed by atoms with Gasteiger partial charge < -0.3 is 24.8 Å². The number of hydrogen-bond acceptors (Lipinski definition) is 9. The molecule has 5 aromatic rings. The van der Waals surface area contributed by atoms with Gasteiger partial charge in [-0.1, -0.05) is 32.4 Å². The second kappa shape index (κ2) is 9.38. The van der Waals surface area contributed by atoms with Crippen molar-refractivity contribution in [3.63, 3.8) is 0 Å². The van der Waals surface area contributed by atoms with Crippen molar-refractivity contribution in [2.24, 2.45) is 7.05 Å². The molecular formula is C26H32ClN11O. The average Bonchev–Trinajstić information content (AvgIpc) is 3.67. The number of pyridine rings is 1. The predicted molar refractivity (Wildman–Crippen MR) is 151 cm³/mol. The standard InChI is InChI=1S/C26H32ClN11O/c1-26(2,3)18-11-19(34-38(18)15-7-9-35(5)14-15)32-25-33-24-22(36(25)6)20(27)16(12-30-24)39-17-13-31-37-10-8-29-23(28-4)21(17)37/h8,10-13,15H,7,9,14H2,1-6H3,(H,28,29)(H,30,32,33,34).